The molecule has 1 aliphatic rings. The highest BCUT2D eigenvalue weighted by Crippen LogP contribution is 2.22. The Morgan fingerprint density at radius 3 is 2.57 bits per heavy atom. The Hall–Kier alpha value is -3.74. The fourth-order valence-corrected chi connectivity index (χ4v) is 3.85. The number of carbonyl (C=O) groups is 1. The summed E-state index contributed by atoms with van der Waals surface area (Å²) in [5.74, 6) is -0.310. The molecule has 0 spiro atoms. The van der Waals surface area contributed by atoms with Gasteiger partial charge in [0, 0.05) is 41.3 Å². The van der Waals surface area contributed by atoms with Crippen LogP contribution in [0.15, 0.2) is 65.7 Å². The highest BCUT2D eigenvalue weighted by atomic mass is 19.1. The number of benzene rings is 2. The summed E-state index contributed by atoms with van der Waals surface area (Å²) in [5, 5.41) is 4.96. The summed E-state index contributed by atoms with van der Waals surface area (Å²) < 4.78 is 15.2. The number of H-pyrrole nitrogens is 1. The number of fused-ring (bicyclic) bond motifs is 1. The zero-order valence-corrected chi connectivity index (χ0v) is 16.1. The first-order valence-corrected chi connectivity index (χ1v) is 9.86. The van der Waals surface area contributed by atoms with Crippen LogP contribution in [0.4, 0.5) is 4.39 Å². The van der Waals surface area contributed by atoms with Crippen LogP contribution in [-0.2, 0) is 0 Å². The first-order valence-electron chi connectivity index (χ1n) is 9.86. The summed E-state index contributed by atoms with van der Waals surface area (Å²) in [4.78, 5) is 29.6. The Balaban J connectivity index is 1.44. The van der Waals surface area contributed by atoms with E-state index in [9.17, 15) is 14.0 Å². The predicted octanol–water partition coefficient (Wildman–Crippen LogP) is 3.76. The largest absolute Gasteiger partial charge is 0.339 e. The average molecular weight is 402 g/mol. The van der Waals surface area contributed by atoms with Crippen LogP contribution in [0.25, 0.3) is 27.7 Å². The smallest absolute Gasteiger partial charge is 0.256 e. The molecule has 3 heterocycles. The lowest BCUT2D eigenvalue weighted by Gasteiger charge is -2.15. The molecule has 1 fully saturated rings. The second-order valence-electron chi connectivity index (χ2n) is 7.46. The highest BCUT2D eigenvalue weighted by molar-refractivity contribution is 5.94. The SMILES string of the molecule is O=C(c1ccc(-n2cc(-c3cc4cc(F)ccc4[nH]c3=O)cn2)cc1)N1CCCC1. The highest BCUT2D eigenvalue weighted by Gasteiger charge is 2.19. The number of pyridine rings is 1. The molecule has 1 amide bonds. The molecule has 0 saturated carbocycles. The monoisotopic (exact) mass is 402 g/mol. The number of carbonyl (C=O) groups excluding carboxylic acids is 1. The molecule has 2 aromatic carbocycles. The van der Waals surface area contributed by atoms with Crippen LogP contribution in [-0.4, -0.2) is 38.7 Å². The summed E-state index contributed by atoms with van der Waals surface area (Å²) in [6.07, 6.45) is 5.45. The summed E-state index contributed by atoms with van der Waals surface area (Å²) >= 11 is 0. The summed E-state index contributed by atoms with van der Waals surface area (Å²) in [7, 11) is 0. The molecule has 150 valence electrons. The molecule has 4 aromatic rings. The van der Waals surface area contributed by atoms with Crippen molar-refractivity contribution in [1.29, 1.82) is 0 Å². The third-order valence-electron chi connectivity index (χ3n) is 5.47. The fraction of sp³-hybridized carbons (Fsp3) is 0.174. The number of nitrogens with one attached hydrogen (secondary N) is 1. The van der Waals surface area contributed by atoms with E-state index in [0.717, 1.165) is 31.6 Å². The molecule has 1 aliphatic heterocycles. The molecule has 2 aromatic heterocycles. The average Bonchev–Trinajstić information content (AvgIpc) is 3.46. The second kappa shape index (κ2) is 7.26. The summed E-state index contributed by atoms with van der Waals surface area (Å²) in [5.41, 5.74) is 2.79. The van der Waals surface area contributed by atoms with Crippen molar-refractivity contribution in [3.05, 3.63) is 82.7 Å². The van der Waals surface area contributed by atoms with Crippen LogP contribution >= 0.6 is 0 Å². The van der Waals surface area contributed by atoms with Crippen LogP contribution in [0, 0.1) is 5.82 Å². The van der Waals surface area contributed by atoms with E-state index in [4.69, 9.17) is 0 Å². The van der Waals surface area contributed by atoms with Gasteiger partial charge in [0.25, 0.3) is 11.5 Å². The van der Waals surface area contributed by atoms with Crippen LogP contribution in [0.5, 0.6) is 0 Å². The van der Waals surface area contributed by atoms with Gasteiger partial charge in [0.05, 0.1) is 17.4 Å². The molecule has 0 aliphatic carbocycles. The van der Waals surface area contributed by atoms with Gasteiger partial charge < -0.3 is 9.88 Å². The van der Waals surface area contributed by atoms with Gasteiger partial charge >= 0.3 is 0 Å². The van der Waals surface area contributed by atoms with E-state index >= 15 is 0 Å². The first kappa shape index (κ1) is 18.3. The number of likely N-dealkylation sites (tertiary alicyclic amines) is 1. The molecule has 0 radical (unpaired) electrons. The van der Waals surface area contributed by atoms with Crippen molar-refractivity contribution in [2.24, 2.45) is 0 Å². The Kier molecular flexibility index (Phi) is 4.43. The molecule has 6 nitrogen and oxygen atoms in total. The normalized spacial score (nSPS) is 13.8. The lowest BCUT2D eigenvalue weighted by atomic mass is 10.1. The van der Waals surface area contributed by atoms with Crippen LogP contribution < -0.4 is 5.56 Å². The van der Waals surface area contributed by atoms with Crippen molar-refractivity contribution in [3.63, 3.8) is 0 Å². The van der Waals surface area contributed by atoms with E-state index in [1.165, 1.54) is 12.1 Å². The molecule has 0 bridgehead atoms. The zero-order valence-electron chi connectivity index (χ0n) is 16.1. The number of nitrogens with zero attached hydrogens (tertiary/aromatic N) is 3. The Morgan fingerprint density at radius 1 is 1.03 bits per heavy atom. The Morgan fingerprint density at radius 2 is 1.80 bits per heavy atom. The van der Waals surface area contributed by atoms with Gasteiger partial charge in [-0.15, -0.1) is 0 Å². The Bertz CT molecular complexity index is 1300. The van der Waals surface area contributed by atoms with E-state index in [0.29, 0.717) is 27.6 Å². The van der Waals surface area contributed by atoms with Gasteiger partial charge in [-0.3, -0.25) is 9.59 Å². The lowest BCUT2D eigenvalue weighted by molar-refractivity contribution is 0.0793. The number of rotatable bonds is 3. The number of halogens is 1. The number of aromatic amines is 1. The van der Waals surface area contributed by atoms with E-state index in [1.807, 2.05) is 17.0 Å². The predicted molar refractivity (Wildman–Crippen MR) is 112 cm³/mol. The van der Waals surface area contributed by atoms with Crippen molar-refractivity contribution in [2.45, 2.75) is 12.8 Å². The Labute approximate surface area is 171 Å². The van der Waals surface area contributed by atoms with Gasteiger partial charge in [0.15, 0.2) is 0 Å². The molecular weight excluding hydrogens is 383 g/mol. The van der Waals surface area contributed by atoms with Gasteiger partial charge in [-0.05, 0) is 61.4 Å². The maximum Gasteiger partial charge on any atom is 0.256 e. The minimum absolute atomic E-state index is 0.0511. The minimum atomic E-state index is -0.361. The molecule has 0 unspecified atom stereocenters. The van der Waals surface area contributed by atoms with Gasteiger partial charge in [0.1, 0.15) is 5.82 Å². The minimum Gasteiger partial charge on any atom is -0.339 e. The van der Waals surface area contributed by atoms with E-state index in [-0.39, 0.29) is 17.3 Å². The number of hydrogen-bond donors (Lipinski definition) is 1. The molecule has 30 heavy (non-hydrogen) atoms. The van der Waals surface area contributed by atoms with Gasteiger partial charge in [-0.1, -0.05) is 0 Å². The van der Waals surface area contributed by atoms with Gasteiger partial charge in [-0.2, -0.15) is 5.10 Å². The van der Waals surface area contributed by atoms with Gasteiger partial charge in [-0.25, -0.2) is 9.07 Å². The van der Waals surface area contributed by atoms with Gasteiger partial charge in [0.2, 0.25) is 0 Å². The van der Waals surface area contributed by atoms with E-state index in [2.05, 4.69) is 10.1 Å². The van der Waals surface area contributed by atoms with Crippen molar-refractivity contribution >= 4 is 16.8 Å². The topological polar surface area (TPSA) is 71.0 Å². The molecule has 1 N–H and O–H groups in total. The third-order valence-corrected chi connectivity index (χ3v) is 5.47. The summed E-state index contributed by atoms with van der Waals surface area (Å²) in [6, 6.07) is 13.2. The number of aromatic nitrogens is 3. The maximum absolute atomic E-state index is 13.5. The van der Waals surface area contributed by atoms with Crippen molar-refractivity contribution in [3.8, 4) is 16.8 Å². The van der Waals surface area contributed by atoms with Crippen molar-refractivity contribution < 1.29 is 9.18 Å². The third kappa shape index (κ3) is 3.28. The quantitative estimate of drug-likeness (QED) is 0.567. The van der Waals surface area contributed by atoms with Crippen LogP contribution in [0.1, 0.15) is 23.2 Å². The second-order valence-corrected chi connectivity index (χ2v) is 7.46. The summed E-state index contributed by atoms with van der Waals surface area (Å²) in [6.45, 7) is 1.63. The number of hydrogen-bond acceptors (Lipinski definition) is 3. The van der Waals surface area contributed by atoms with E-state index < -0.39 is 0 Å². The van der Waals surface area contributed by atoms with Crippen molar-refractivity contribution in [1.82, 2.24) is 19.7 Å². The standard InChI is InChI=1S/C23H19FN4O2/c24-18-5-8-21-16(11-18)12-20(22(29)26-21)17-13-25-28(14-17)19-6-3-15(4-7-19)23(30)27-9-1-2-10-27/h3-8,11-14H,1-2,9-10H2,(H,26,29). The molecular formula is C23H19FN4O2. The number of amides is 1. The zero-order chi connectivity index (χ0) is 20.7. The van der Waals surface area contributed by atoms with Crippen LogP contribution in [0.3, 0.4) is 0 Å². The molecule has 7 heteroatoms. The lowest BCUT2D eigenvalue weighted by Crippen LogP contribution is -2.27. The van der Waals surface area contributed by atoms with E-state index in [1.54, 1.807) is 41.3 Å². The fourth-order valence-electron chi connectivity index (χ4n) is 3.85. The molecule has 5 rings (SSSR count). The van der Waals surface area contributed by atoms with Crippen LogP contribution in [0.2, 0.25) is 0 Å². The first-order chi connectivity index (χ1) is 14.6. The molecule has 0 atom stereocenters. The van der Waals surface area contributed by atoms with Crippen molar-refractivity contribution in [2.75, 3.05) is 13.1 Å². The maximum atomic E-state index is 13.5. The molecule has 1 saturated heterocycles.